The maximum Gasteiger partial charge on any atom is 0.242 e. The maximum absolute atomic E-state index is 12.7. The number of likely N-dealkylation sites (tertiary alicyclic amines) is 1. The van der Waals surface area contributed by atoms with E-state index >= 15 is 0 Å². The van der Waals surface area contributed by atoms with Gasteiger partial charge in [0.2, 0.25) is 10.0 Å². The van der Waals surface area contributed by atoms with Crippen LogP contribution < -0.4 is 10.0 Å². The second-order valence-corrected chi connectivity index (χ2v) is 8.33. The van der Waals surface area contributed by atoms with E-state index < -0.39 is 10.0 Å². The Morgan fingerprint density at radius 2 is 2.24 bits per heavy atom. The average molecular weight is 332 g/mol. The van der Waals surface area contributed by atoms with E-state index in [0.29, 0.717) is 11.4 Å². The monoisotopic (exact) mass is 331 g/mol. The topological polar surface area (TPSA) is 61.4 Å². The number of likely N-dealkylation sites (N-methyl/N-ethyl adjacent to an activating group) is 1. The molecule has 1 fully saturated rings. The van der Waals surface area contributed by atoms with Gasteiger partial charge in [-0.1, -0.05) is 6.92 Å². The van der Waals surface area contributed by atoms with Crippen LogP contribution in [0.15, 0.2) is 10.3 Å². The van der Waals surface area contributed by atoms with Crippen LogP contribution in [0, 0.1) is 6.92 Å². The maximum atomic E-state index is 12.7. The number of hydrogen-bond donors (Lipinski definition) is 2. The Morgan fingerprint density at radius 1 is 1.48 bits per heavy atom. The van der Waals surface area contributed by atoms with Gasteiger partial charge in [0.05, 0.1) is 0 Å². The van der Waals surface area contributed by atoms with E-state index in [0.717, 1.165) is 42.9 Å². The average Bonchev–Trinajstić information content (AvgIpc) is 2.96. The van der Waals surface area contributed by atoms with E-state index in [-0.39, 0.29) is 6.04 Å². The molecule has 0 spiro atoms. The van der Waals surface area contributed by atoms with E-state index in [1.165, 1.54) is 11.3 Å². The predicted molar refractivity (Wildman–Crippen MR) is 87.3 cm³/mol. The summed E-state index contributed by atoms with van der Waals surface area (Å²) in [7, 11) is -1.41. The number of hydrogen-bond acceptors (Lipinski definition) is 5. The standard InChI is InChI=1S/C14H25N3O2S2/c1-4-6-15-8-13-14(11(2)10-20-13)21(18,19)16-12-5-7-17(3)9-12/h10,12,15-16H,4-9H2,1-3H3. The first-order valence-electron chi connectivity index (χ1n) is 7.42. The molecule has 0 radical (unpaired) electrons. The number of thiophene rings is 1. The summed E-state index contributed by atoms with van der Waals surface area (Å²) >= 11 is 1.52. The van der Waals surface area contributed by atoms with Crippen molar-refractivity contribution in [3.8, 4) is 0 Å². The minimum Gasteiger partial charge on any atom is -0.312 e. The molecule has 0 aliphatic carbocycles. The van der Waals surface area contributed by atoms with Gasteiger partial charge in [0.1, 0.15) is 4.90 Å². The van der Waals surface area contributed by atoms with Crippen molar-refractivity contribution in [1.82, 2.24) is 14.9 Å². The van der Waals surface area contributed by atoms with E-state index in [9.17, 15) is 8.42 Å². The van der Waals surface area contributed by atoms with Gasteiger partial charge >= 0.3 is 0 Å². The molecule has 1 aliphatic heterocycles. The van der Waals surface area contributed by atoms with Gasteiger partial charge in [0.25, 0.3) is 0 Å². The molecule has 0 amide bonds. The summed E-state index contributed by atoms with van der Waals surface area (Å²) < 4.78 is 28.2. The number of aryl methyl sites for hydroxylation is 1. The molecule has 1 aliphatic rings. The lowest BCUT2D eigenvalue weighted by atomic mass is 10.3. The molecule has 0 saturated carbocycles. The molecule has 2 heterocycles. The summed E-state index contributed by atoms with van der Waals surface area (Å²) in [5, 5.41) is 5.22. The molecule has 2 N–H and O–H groups in total. The van der Waals surface area contributed by atoms with Crippen LogP contribution in [0.3, 0.4) is 0 Å². The molecule has 1 saturated heterocycles. The van der Waals surface area contributed by atoms with Gasteiger partial charge in [-0.2, -0.15) is 0 Å². The van der Waals surface area contributed by atoms with Gasteiger partial charge in [-0.25, -0.2) is 13.1 Å². The first kappa shape index (κ1) is 16.9. The largest absolute Gasteiger partial charge is 0.312 e. The van der Waals surface area contributed by atoms with Crippen molar-refractivity contribution >= 4 is 21.4 Å². The molecule has 1 aromatic heterocycles. The zero-order chi connectivity index (χ0) is 15.5. The molecule has 1 unspecified atom stereocenters. The van der Waals surface area contributed by atoms with Crippen LogP contribution in [0.4, 0.5) is 0 Å². The van der Waals surface area contributed by atoms with Crippen LogP contribution in [0.25, 0.3) is 0 Å². The van der Waals surface area contributed by atoms with Gasteiger partial charge in [0, 0.05) is 24.0 Å². The van der Waals surface area contributed by atoms with E-state index in [2.05, 4.69) is 21.9 Å². The number of rotatable bonds is 7. The fourth-order valence-corrected chi connectivity index (χ4v) is 5.70. The highest BCUT2D eigenvalue weighted by Crippen LogP contribution is 2.27. The third-order valence-electron chi connectivity index (χ3n) is 3.68. The van der Waals surface area contributed by atoms with Crippen LogP contribution in [-0.4, -0.2) is 46.0 Å². The second-order valence-electron chi connectivity index (χ2n) is 5.72. The highest BCUT2D eigenvalue weighted by atomic mass is 32.2. The third kappa shape index (κ3) is 4.26. The van der Waals surface area contributed by atoms with Crippen LogP contribution in [0.5, 0.6) is 0 Å². The third-order valence-corrected chi connectivity index (χ3v) is 6.67. The van der Waals surface area contributed by atoms with Crippen molar-refractivity contribution in [3.05, 3.63) is 15.8 Å². The minimum absolute atomic E-state index is 0.0238. The van der Waals surface area contributed by atoms with E-state index in [1.807, 2.05) is 19.4 Å². The number of nitrogens with one attached hydrogen (secondary N) is 2. The van der Waals surface area contributed by atoms with Crippen molar-refractivity contribution in [1.29, 1.82) is 0 Å². The first-order valence-corrected chi connectivity index (χ1v) is 9.79. The quantitative estimate of drug-likeness (QED) is 0.744. The van der Waals surface area contributed by atoms with Gasteiger partial charge in [0.15, 0.2) is 0 Å². The molecular formula is C14H25N3O2S2. The fourth-order valence-electron chi connectivity index (χ4n) is 2.66. The molecular weight excluding hydrogens is 306 g/mol. The lowest BCUT2D eigenvalue weighted by molar-refractivity contribution is 0.407. The SMILES string of the molecule is CCCNCc1scc(C)c1S(=O)(=O)NC1CCN(C)C1. The normalized spacial score (nSPS) is 20.2. The van der Waals surface area contributed by atoms with Gasteiger partial charge in [-0.3, -0.25) is 0 Å². The Balaban J connectivity index is 2.13. The Morgan fingerprint density at radius 3 is 2.86 bits per heavy atom. The number of nitrogens with zero attached hydrogens (tertiary/aromatic N) is 1. The molecule has 1 atom stereocenters. The Bertz CT molecular complexity index is 569. The highest BCUT2D eigenvalue weighted by molar-refractivity contribution is 7.89. The van der Waals surface area contributed by atoms with Crippen LogP contribution >= 0.6 is 11.3 Å². The van der Waals surface area contributed by atoms with Crippen LogP contribution in [0.2, 0.25) is 0 Å². The summed E-state index contributed by atoms with van der Waals surface area (Å²) in [6.07, 6.45) is 1.92. The summed E-state index contributed by atoms with van der Waals surface area (Å²) in [5.41, 5.74) is 0.840. The van der Waals surface area contributed by atoms with Crippen molar-refractivity contribution < 1.29 is 8.42 Å². The Labute approximate surface area is 131 Å². The summed E-state index contributed by atoms with van der Waals surface area (Å²) in [6.45, 7) is 7.22. The molecule has 1 aromatic rings. The summed E-state index contributed by atoms with van der Waals surface area (Å²) in [6, 6.07) is 0.0238. The second kappa shape index (κ2) is 7.19. The molecule has 7 heteroatoms. The van der Waals surface area contributed by atoms with Crippen molar-refractivity contribution in [2.24, 2.45) is 0 Å². The Kier molecular flexibility index (Phi) is 5.79. The molecule has 0 aromatic carbocycles. The molecule has 120 valence electrons. The van der Waals surface area contributed by atoms with Crippen LogP contribution in [-0.2, 0) is 16.6 Å². The zero-order valence-corrected chi connectivity index (χ0v) is 14.6. The lowest BCUT2D eigenvalue weighted by Gasteiger charge is -2.14. The fraction of sp³-hybridized carbons (Fsp3) is 0.714. The van der Waals surface area contributed by atoms with Crippen molar-refractivity contribution in [2.45, 2.75) is 44.2 Å². The van der Waals surface area contributed by atoms with Gasteiger partial charge in [-0.05, 0) is 50.8 Å². The zero-order valence-electron chi connectivity index (χ0n) is 13.0. The predicted octanol–water partition coefficient (Wildman–Crippen LogP) is 1.54. The molecule has 21 heavy (non-hydrogen) atoms. The van der Waals surface area contributed by atoms with Gasteiger partial charge < -0.3 is 10.2 Å². The van der Waals surface area contributed by atoms with Crippen LogP contribution in [0.1, 0.15) is 30.2 Å². The minimum atomic E-state index is -3.43. The lowest BCUT2D eigenvalue weighted by Crippen LogP contribution is -2.37. The number of sulfonamides is 1. The summed E-state index contributed by atoms with van der Waals surface area (Å²) in [5.74, 6) is 0. The van der Waals surface area contributed by atoms with Gasteiger partial charge in [-0.15, -0.1) is 11.3 Å². The molecule has 0 bridgehead atoms. The summed E-state index contributed by atoms with van der Waals surface area (Å²) in [4.78, 5) is 3.53. The highest BCUT2D eigenvalue weighted by Gasteiger charge is 2.28. The molecule has 2 rings (SSSR count). The Hall–Kier alpha value is -0.470. The van der Waals surface area contributed by atoms with E-state index in [4.69, 9.17) is 0 Å². The first-order chi connectivity index (χ1) is 9.94. The molecule has 5 nitrogen and oxygen atoms in total. The van der Waals surface area contributed by atoms with Crippen molar-refractivity contribution in [3.63, 3.8) is 0 Å². The van der Waals surface area contributed by atoms with E-state index in [1.54, 1.807) is 0 Å². The van der Waals surface area contributed by atoms with Crippen molar-refractivity contribution in [2.75, 3.05) is 26.7 Å². The smallest absolute Gasteiger partial charge is 0.242 e.